The molecular formula is C23H21F6N3O2. The van der Waals surface area contributed by atoms with Gasteiger partial charge in [-0.3, -0.25) is 0 Å². The summed E-state index contributed by atoms with van der Waals surface area (Å²) < 4.78 is 81.1. The molecule has 0 radical (unpaired) electrons. The molecule has 0 aliphatic carbocycles. The second-order valence-electron chi connectivity index (χ2n) is 7.46. The van der Waals surface area contributed by atoms with Crippen LogP contribution in [0.2, 0.25) is 0 Å². The molecule has 0 amide bonds. The second kappa shape index (κ2) is 10.2. The lowest BCUT2D eigenvalue weighted by atomic mass is 10.1. The number of hydrogen-bond donors (Lipinski definition) is 1. The minimum atomic E-state index is -4.84. The number of halogens is 6. The zero-order chi connectivity index (χ0) is 24.9. The largest absolute Gasteiger partial charge is 0.573 e. The van der Waals surface area contributed by atoms with Crippen molar-refractivity contribution in [1.82, 2.24) is 9.97 Å². The molecule has 1 N–H and O–H groups in total. The summed E-state index contributed by atoms with van der Waals surface area (Å²) in [5.41, 5.74) is 0.510. The van der Waals surface area contributed by atoms with Crippen LogP contribution in [0.15, 0.2) is 54.9 Å². The molecule has 182 valence electrons. The minimum Gasteiger partial charge on any atom is -0.507 e. The molecular weight excluding hydrogens is 464 g/mol. The Kier molecular flexibility index (Phi) is 7.53. The van der Waals surface area contributed by atoms with E-state index in [4.69, 9.17) is 0 Å². The molecule has 0 saturated heterocycles. The zero-order valence-corrected chi connectivity index (χ0v) is 18.0. The number of nitrogens with zero attached hydrogens (tertiary/aromatic N) is 3. The average Bonchev–Trinajstić information content (AvgIpc) is 2.76. The number of alkyl halides is 6. The molecule has 3 aromatic rings. The summed E-state index contributed by atoms with van der Waals surface area (Å²) in [6.45, 7) is 2.17. The predicted octanol–water partition coefficient (Wildman–Crippen LogP) is 5.91. The van der Waals surface area contributed by atoms with Crippen molar-refractivity contribution in [1.29, 1.82) is 0 Å². The van der Waals surface area contributed by atoms with Crippen LogP contribution in [0, 0.1) is 0 Å². The molecule has 0 bridgehead atoms. The summed E-state index contributed by atoms with van der Waals surface area (Å²) in [7, 11) is 0. The van der Waals surface area contributed by atoms with Gasteiger partial charge in [-0.2, -0.15) is 13.2 Å². The van der Waals surface area contributed by atoms with E-state index < -0.39 is 23.9 Å². The molecule has 1 aromatic heterocycles. The van der Waals surface area contributed by atoms with Crippen LogP contribution in [-0.2, 0) is 25.6 Å². The predicted molar refractivity (Wildman–Crippen MR) is 112 cm³/mol. The lowest BCUT2D eigenvalue weighted by Crippen LogP contribution is -2.27. The Labute approximate surface area is 191 Å². The topological polar surface area (TPSA) is 58.5 Å². The molecule has 11 heteroatoms. The second-order valence-corrected chi connectivity index (χ2v) is 7.46. The van der Waals surface area contributed by atoms with Crippen LogP contribution in [0.4, 0.5) is 32.3 Å². The summed E-state index contributed by atoms with van der Waals surface area (Å²) in [5, 5.41) is 9.53. The Morgan fingerprint density at radius 3 is 2.24 bits per heavy atom. The number of phenols is 1. The van der Waals surface area contributed by atoms with Crippen molar-refractivity contribution < 1.29 is 36.2 Å². The van der Waals surface area contributed by atoms with Gasteiger partial charge in [0.2, 0.25) is 5.95 Å². The maximum Gasteiger partial charge on any atom is 0.573 e. The van der Waals surface area contributed by atoms with E-state index in [1.807, 2.05) is 6.92 Å². The third-order valence-electron chi connectivity index (χ3n) is 4.92. The Bertz CT molecular complexity index is 1100. The van der Waals surface area contributed by atoms with Crippen LogP contribution >= 0.6 is 0 Å². The van der Waals surface area contributed by atoms with Crippen molar-refractivity contribution in [2.45, 2.75) is 38.8 Å². The van der Waals surface area contributed by atoms with Gasteiger partial charge in [0.15, 0.2) is 0 Å². The van der Waals surface area contributed by atoms with Crippen molar-refractivity contribution >= 4 is 5.95 Å². The van der Waals surface area contributed by atoms with Gasteiger partial charge in [-0.05, 0) is 53.8 Å². The fourth-order valence-corrected chi connectivity index (χ4v) is 3.23. The highest BCUT2D eigenvalue weighted by Gasteiger charge is 2.34. The number of hydrogen-bond acceptors (Lipinski definition) is 5. The number of phenolic OH excluding ortho intramolecular Hbond substituents is 1. The van der Waals surface area contributed by atoms with Crippen molar-refractivity contribution in [3.05, 3.63) is 77.1 Å². The van der Waals surface area contributed by atoms with Crippen LogP contribution in [0.5, 0.6) is 11.5 Å². The highest BCUT2D eigenvalue weighted by molar-refractivity contribution is 5.40. The molecule has 0 saturated carbocycles. The molecule has 34 heavy (non-hydrogen) atoms. The van der Waals surface area contributed by atoms with Crippen molar-refractivity contribution in [3.63, 3.8) is 0 Å². The van der Waals surface area contributed by atoms with Crippen molar-refractivity contribution in [2.24, 2.45) is 0 Å². The van der Waals surface area contributed by atoms with Gasteiger partial charge < -0.3 is 14.7 Å². The molecule has 0 aliphatic heterocycles. The normalized spacial score (nSPS) is 12.0. The summed E-state index contributed by atoms with van der Waals surface area (Å²) in [5.74, 6) is -0.984. The first-order valence-corrected chi connectivity index (χ1v) is 10.2. The standard InChI is InChI=1S/C23H21F6N3O2/c1-2-15-12-30-21(31-13-15)32(14-17-4-3-5-18(10-17)34-23(27,28)29)9-8-16-6-7-20(33)19(11-16)22(24,25)26/h3-7,10-13,33H,2,8-9,14H2,1H3. The van der Waals surface area contributed by atoms with Gasteiger partial charge in [0.25, 0.3) is 0 Å². The molecule has 5 nitrogen and oxygen atoms in total. The van der Waals surface area contributed by atoms with Gasteiger partial charge in [-0.15, -0.1) is 13.2 Å². The lowest BCUT2D eigenvalue weighted by molar-refractivity contribution is -0.274. The summed E-state index contributed by atoms with van der Waals surface area (Å²) in [4.78, 5) is 10.2. The smallest absolute Gasteiger partial charge is 0.507 e. The Hall–Kier alpha value is -3.50. The van der Waals surface area contributed by atoms with E-state index in [1.54, 1.807) is 23.4 Å². The van der Waals surface area contributed by atoms with Crippen LogP contribution in [0.3, 0.4) is 0 Å². The molecule has 0 unspecified atom stereocenters. The molecule has 2 aromatic carbocycles. The number of aromatic hydroxyl groups is 1. The van der Waals surface area contributed by atoms with Gasteiger partial charge in [0.05, 0.1) is 5.56 Å². The summed E-state index contributed by atoms with van der Waals surface area (Å²) in [6.07, 6.45) is -5.49. The van der Waals surface area contributed by atoms with Crippen LogP contribution in [0.25, 0.3) is 0 Å². The summed E-state index contributed by atoms with van der Waals surface area (Å²) >= 11 is 0. The van der Waals surface area contributed by atoms with Crippen molar-refractivity contribution in [3.8, 4) is 11.5 Å². The van der Waals surface area contributed by atoms with Crippen molar-refractivity contribution in [2.75, 3.05) is 11.4 Å². The van der Waals surface area contributed by atoms with E-state index in [0.29, 0.717) is 17.5 Å². The third kappa shape index (κ3) is 7.00. The maximum absolute atomic E-state index is 13.1. The number of benzene rings is 2. The number of ether oxygens (including phenoxy) is 1. The fraction of sp³-hybridized carbons (Fsp3) is 0.304. The first-order valence-electron chi connectivity index (χ1n) is 10.2. The van der Waals surface area contributed by atoms with Gasteiger partial charge in [0.1, 0.15) is 11.5 Å². The van der Waals surface area contributed by atoms with Crippen LogP contribution in [-0.4, -0.2) is 28.0 Å². The Morgan fingerprint density at radius 2 is 1.62 bits per heavy atom. The van der Waals surface area contributed by atoms with Gasteiger partial charge >= 0.3 is 12.5 Å². The van der Waals surface area contributed by atoms with Gasteiger partial charge in [-0.25, -0.2) is 9.97 Å². The van der Waals surface area contributed by atoms with Gasteiger partial charge in [-0.1, -0.05) is 25.1 Å². The highest BCUT2D eigenvalue weighted by Crippen LogP contribution is 2.36. The fourth-order valence-electron chi connectivity index (χ4n) is 3.23. The monoisotopic (exact) mass is 485 g/mol. The third-order valence-corrected chi connectivity index (χ3v) is 4.92. The number of anilines is 1. The van der Waals surface area contributed by atoms with Gasteiger partial charge in [0, 0.05) is 25.5 Å². The van der Waals surface area contributed by atoms with E-state index >= 15 is 0 Å². The first-order chi connectivity index (χ1) is 15.9. The molecule has 0 aliphatic rings. The van der Waals surface area contributed by atoms with E-state index in [2.05, 4.69) is 14.7 Å². The molecule has 1 heterocycles. The zero-order valence-electron chi connectivity index (χ0n) is 18.0. The number of rotatable bonds is 8. The molecule has 0 atom stereocenters. The van der Waals surface area contributed by atoms with Crippen LogP contribution < -0.4 is 9.64 Å². The maximum atomic E-state index is 13.1. The lowest BCUT2D eigenvalue weighted by Gasteiger charge is -2.23. The molecule has 0 spiro atoms. The van der Waals surface area contributed by atoms with Crippen LogP contribution in [0.1, 0.15) is 29.2 Å². The van der Waals surface area contributed by atoms with E-state index in [0.717, 1.165) is 17.7 Å². The SMILES string of the molecule is CCc1cnc(N(CCc2ccc(O)c(C(F)(F)F)c2)Cc2cccc(OC(F)(F)F)c2)nc1. The number of aromatic nitrogens is 2. The summed E-state index contributed by atoms with van der Waals surface area (Å²) in [6, 6.07) is 8.62. The van der Waals surface area contributed by atoms with E-state index in [9.17, 15) is 31.4 Å². The number of aryl methyl sites for hydroxylation is 1. The van der Waals surface area contributed by atoms with E-state index in [-0.39, 0.29) is 31.2 Å². The Morgan fingerprint density at radius 1 is 0.912 bits per heavy atom. The highest BCUT2D eigenvalue weighted by atomic mass is 19.4. The van der Waals surface area contributed by atoms with E-state index in [1.165, 1.54) is 24.3 Å². The minimum absolute atomic E-state index is 0.0880. The first kappa shape index (κ1) is 25.1. The molecule has 3 rings (SSSR count). The Balaban J connectivity index is 1.84. The molecule has 0 fully saturated rings. The average molecular weight is 485 g/mol. The quantitative estimate of drug-likeness (QED) is 0.402.